The third-order valence-corrected chi connectivity index (χ3v) is 2.82. The second-order valence-corrected chi connectivity index (χ2v) is 4.54. The summed E-state index contributed by atoms with van der Waals surface area (Å²) in [5, 5.41) is 3.32. The lowest BCUT2D eigenvalue weighted by atomic mass is 10.2. The third kappa shape index (κ3) is 3.98. The van der Waals surface area contributed by atoms with E-state index in [4.69, 9.17) is 4.74 Å². The van der Waals surface area contributed by atoms with E-state index in [0.717, 1.165) is 30.1 Å². The van der Waals surface area contributed by atoms with Gasteiger partial charge in [0.1, 0.15) is 18.2 Å². The standard InChI is InChI=1S/C16H20N2O/c1-3-9-17-16-14(7-5-10-18-16)12-19-15-8-4-6-13(2)11-15/h4-8,10-11H,3,9,12H2,1-2H3,(H,17,18). The van der Waals surface area contributed by atoms with E-state index in [2.05, 4.69) is 30.2 Å². The molecule has 1 heterocycles. The van der Waals surface area contributed by atoms with Crippen molar-refractivity contribution in [3.63, 3.8) is 0 Å². The fourth-order valence-electron chi connectivity index (χ4n) is 1.82. The Hall–Kier alpha value is -2.03. The minimum atomic E-state index is 0.531. The van der Waals surface area contributed by atoms with Crippen LogP contribution in [0.2, 0.25) is 0 Å². The van der Waals surface area contributed by atoms with Gasteiger partial charge in [0, 0.05) is 18.3 Å². The van der Waals surface area contributed by atoms with Crippen LogP contribution in [0.15, 0.2) is 42.6 Å². The second-order valence-electron chi connectivity index (χ2n) is 4.54. The van der Waals surface area contributed by atoms with Crippen LogP contribution in [-0.2, 0) is 6.61 Å². The van der Waals surface area contributed by atoms with Gasteiger partial charge in [-0.3, -0.25) is 0 Å². The maximum atomic E-state index is 5.81. The molecular weight excluding hydrogens is 236 g/mol. The lowest BCUT2D eigenvalue weighted by Gasteiger charge is -2.11. The average molecular weight is 256 g/mol. The molecule has 2 aromatic rings. The number of ether oxygens (including phenoxy) is 1. The molecule has 0 fully saturated rings. The van der Waals surface area contributed by atoms with Gasteiger partial charge < -0.3 is 10.1 Å². The first-order valence-corrected chi connectivity index (χ1v) is 6.67. The zero-order valence-corrected chi connectivity index (χ0v) is 11.5. The van der Waals surface area contributed by atoms with Crippen molar-refractivity contribution in [1.82, 2.24) is 4.98 Å². The highest BCUT2D eigenvalue weighted by Gasteiger charge is 2.03. The quantitative estimate of drug-likeness (QED) is 0.853. The highest BCUT2D eigenvalue weighted by Crippen LogP contribution is 2.17. The van der Waals surface area contributed by atoms with Crippen LogP contribution in [0.5, 0.6) is 5.75 Å². The lowest BCUT2D eigenvalue weighted by molar-refractivity contribution is 0.306. The largest absolute Gasteiger partial charge is 0.489 e. The Morgan fingerprint density at radius 3 is 2.89 bits per heavy atom. The number of nitrogens with zero attached hydrogens (tertiary/aromatic N) is 1. The molecule has 1 aromatic carbocycles. The summed E-state index contributed by atoms with van der Waals surface area (Å²) in [7, 11) is 0. The molecule has 0 atom stereocenters. The van der Waals surface area contributed by atoms with Gasteiger partial charge in [-0.05, 0) is 37.1 Å². The van der Waals surface area contributed by atoms with Crippen LogP contribution in [0.25, 0.3) is 0 Å². The van der Waals surface area contributed by atoms with Gasteiger partial charge in [0.05, 0.1) is 0 Å². The number of aromatic nitrogens is 1. The molecule has 1 aromatic heterocycles. The van der Waals surface area contributed by atoms with Crippen molar-refractivity contribution >= 4 is 5.82 Å². The highest BCUT2D eigenvalue weighted by molar-refractivity contribution is 5.43. The Labute approximate surface area is 114 Å². The Balaban J connectivity index is 2.02. The third-order valence-electron chi connectivity index (χ3n) is 2.82. The summed E-state index contributed by atoms with van der Waals surface area (Å²) in [5.41, 5.74) is 2.28. The van der Waals surface area contributed by atoms with Crippen LogP contribution in [0.1, 0.15) is 24.5 Å². The first-order valence-electron chi connectivity index (χ1n) is 6.67. The molecule has 100 valence electrons. The van der Waals surface area contributed by atoms with Crippen molar-refractivity contribution in [2.45, 2.75) is 26.9 Å². The molecule has 2 rings (SSSR count). The molecule has 0 saturated heterocycles. The molecule has 0 aliphatic carbocycles. The van der Waals surface area contributed by atoms with Gasteiger partial charge in [-0.15, -0.1) is 0 Å². The number of benzene rings is 1. The molecule has 3 nitrogen and oxygen atoms in total. The molecule has 3 heteroatoms. The van der Waals surface area contributed by atoms with E-state index in [0.29, 0.717) is 6.61 Å². The number of rotatable bonds is 6. The molecule has 0 amide bonds. The van der Waals surface area contributed by atoms with Crippen molar-refractivity contribution in [2.75, 3.05) is 11.9 Å². The molecular formula is C16H20N2O. The van der Waals surface area contributed by atoms with Gasteiger partial charge >= 0.3 is 0 Å². The van der Waals surface area contributed by atoms with Gasteiger partial charge in [-0.25, -0.2) is 4.98 Å². The van der Waals surface area contributed by atoms with Crippen LogP contribution < -0.4 is 10.1 Å². The van der Waals surface area contributed by atoms with E-state index < -0.39 is 0 Å². The fourth-order valence-corrected chi connectivity index (χ4v) is 1.82. The van der Waals surface area contributed by atoms with Crippen molar-refractivity contribution in [2.24, 2.45) is 0 Å². The van der Waals surface area contributed by atoms with Crippen LogP contribution in [-0.4, -0.2) is 11.5 Å². The summed E-state index contributed by atoms with van der Waals surface area (Å²) in [5.74, 6) is 1.81. The average Bonchev–Trinajstić information content (AvgIpc) is 2.44. The summed E-state index contributed by atoms with van der Waals surface area (Å²) >= 11 is 0. The Morgan fingerprint density at radius 2 is 2.11 bits per heavy atom. The smallest absolute Gasteiger partial charge is 0.132 e. The predicted octanol–water partition coefficient (Wildman–Crippen LogP) is 3.79. The summed E-state index contributed by atoms with van der Waals surface area (Å²) < 4.78 is 5.81. The Bertz CT molecular complexity index is 526. The van der Waals surface area contributed by atoms with E-state index in [1.165, 1.54) is 5.56 Å². The summed E-state index contributed by atoms with van der Waals surface area (Å²) in [4.78, 5) is 4.35. The maximum absolute atomic E-state index is 5.81. The predicted molar refractivity (Wildman–Crippen MR) is 78.5 cm³/mol. The van der Waals surface area contributed by atoms with Gasteiger partial charge in [-0.2, -0.15) is 0 Å². The molecule has 0 unspecified atom stereocenters. The highest BCUT2D eigenvalue weighted by atomic mass is 16.5. The molecule has 0 aliphatic rings. The van der Waals surface area contributed by atoms with Gasteiger partial charge in [0.15, 0.2) is 0 Å². The van der Waals surface area contributed by atoms with Gasteiger partial charge in [0.2, 0.25) is 0 Å². The minimum absolute atomic E-state index is 0.531. The first kappa shape index (κ1) is 13.4. The van der Waals surface area contributed by atoms with Crippen molar-refractivity contribution < 1.29 is 4.74 Å². The number of hydrogen-bond acceptors (Lipinski definition) is 3. The SMILES string of the molecule is CCCNc1ncccc1COc1cccc(C)c1. The molecule has 0 bridgehead atoms. The number of aryl methyl sites for hydroxylation is 1. The Morgan fingerprint density at radius 1 is 1.21 bits per heavy atom. The van der Waals surface area contributed by atoms with Gasteiger partial charge in [0.25, 0.3) is 0 Å². The number of pyridine rings is 1. The van der Waals surface area contributed by atoms with Crippen LogP contribution in [0.4, 0.5) is 5.82 Å². The Kier molecular flexibility index (Phi) is 4.78. The van der Waals surface area contributed by atoms with Crippen molar-refractivity contribution in [3.8, 4) is 5.75 Å². The van der Waals surface area contributed by atoms with Crippen LogP contribution in [0, 0.1) is 6.92 Å². The van der Waals surface area contributed by atoms with Crippen molar-refractivity contribution in [3.05, 3.63) is 53.7 Å². The van der Waals surface area contributed by atoms with Crippen LogP contribution >= 0.6 is 0 Å². The summed E-state index contributed by atoms with van der Waals surface area (Å²) in [6.07, 6.45) is 2.88. The van der Waals surface area contributed by atoms with E-state index in [1.54, 1.807) is 6.20 Å². The molecule has 0 aliphatic heterocycles. The topological polar surface area (TPSA) is 34.2 Å². The number of anilines is 1. The number of nitrogens with one attached hydrogen (secondary N) is 1. The van der Waals surface area contributed by atoms with E-state index in [9.17, 15) is 0 Å². The van der Waals surface area contributed by atoms with Crippen molar-refractivity contribution in [1.29, 1.82) is 0 Å². The van der Waals surface area contributed by atoms with E-state index >= 15 is 0 Å². The second kappa shape index (κ2) is 6.78. The van der Waals surface area contributed by atoms with E-state index in [1.807, 2.05) is 30.3 Å². The summed E-state index contributed by atoms with van der Waals surface area (Å²) in [6.45, 7) is 5.65. The number of hydrogen-bond donors (Lipinski definition) is 1. The first-order chi connectivity index (χ1) is 9.29. The lowest BCUT2D eigenvalue weighted by Crippen LogP contribution is -2.07. The maximum Gasteiger partial charge on any atom is 0.132 e. The van der Waals surface area contributed by atoms with Gasteiger partial charge in [-0.1, -0.05) is 25.1 Å². The fraction of sp³-hybridized carbons (Fsp3) is 0.312. The molecule has 19 heavy (non-hydrogen) atoms. The molecule has 1 N–H and O–H groups in total. The minimum Gasteiger partial charge on any atom is -0.489 e. The zero-order valence-electron chi connectivity index (χ0n) is 11.5. The molecule has 0 radical (unpaired) electrons. The van der Waals surface area contributed by atoms with E-state index in [-0.39, 0.29) is 0 Å². The normalized spacial score (nSPS) is 10.2. The molecule has 0 spiro atoms. The summed E-state index contributed by atoms with van der Waals surface area (Å²) in [6, 6.07) is 12.1. The monoisotopic (exact) mass is 256 g/mol. The zero-order chi connectivity index (χ0) is 13.5. The van der Waals surface area contributed by atoms with Crippen LogP contribution in [0.3, 0.4) is 0 Å². The molecule has 0 saturated carbocycles.